The fourth-order valence-corrected chi connectivity index (χ4v) is 1.73. The van der Waals surface area contributed by atoms with E-state index in [2.05, 4.69) is 0 Å². The van der Waals surface area contributed by atoms with Crippen molar-refractivity contribution in [2.75, 3.05) is 0 Å². The smallest absolute Gasteiger partial charge is 0.416 e. The van der Waals surface area contributed by atoms with Crippen LogP contribution in [0.4, 0.5) is 22.0 Å². The molecular formula is C15H9F5O2. The maximum atomic E-state index is 13.0. The van der Waals surface area contributed by atoms with Gasteiger partial charge >= 0.3 is 6.18 Å². The summed E-state index contributed by atoms with van der Waals surface area (Å²) < 4.78 is 68.9. The Hall–Kier alpha value is -2.44. The number of aldehydes is 1. The molecule has 0 amide bonds. The number of carbonyl (C=O) groups is 1. The average Bonchev–Trinajstić information content (AvgIpc) is 2.47. The van der Waals surface area contributed by atoms with E-state index in [1.807, 2.05) is 0 Å². The molecule has 0 unspecified atom stereocenters. The van der Waals surface area contributed by atoms with Gasteiger partial charge in [-0.2, -0.15) is 13.2 Å². The van der Waals surface area contributed by atoms with Crippen molar-refractivity contribution in [3.05, 3.63) is 64.7 Å². The molecule has 2 nitrogen and oxygen atoms in total. The fraction of sp³-hybridized carbons (Fsp3) is 0.133. The Labute approximate surface area is 122 Å². The number of alkyl halides is 3. The van der Waals surface area contributed by atoms with E-state index in [-0.39, 0.29) is 29.8 Å². The van der Waals surface area contributed by atoms with Crippen molar-refractivity contribution < 1.29 is 31.5 Å². The van der Waals surface area contributed by atoms with Gasteiger partial charge < -0.3 is 4.74 Å². The molecule has 0 aliphatic rings. The van der Waals surface area contributed by atoms with E-state index in [4.69, 9.17) is 4.74 Å². The zero-order chi connectivity index (χ0) is 16.3. The van der Waals surface area contributed by atoms with Crippen LogP contribution in [0.2, 0.25) is 0 Å². The number of hydrogen-bond donors (Lipinski definition) is 0. The highest BCUT2D eigenvalue weighted by molar-refractivity contribution is 5.76. The summed E-state index contributed by atoms with van der Waals surface area (Å²) in [6, 6.07) is 5.56. The van der Waals surface area contributed by atoms with Crippen molar-refractivity contribution in [2.45, 2.75) is 12.8 Å². The van der Waals surface area contributed by atoms with E-state index in [1.54, 1.807) is 0 Å². The normalized spacial score (nSPS) is 11.3. The lowest BCUT2D eigenvalue weighted by molar-refractivity contribution is -0.137. The average molecular weight is 316 g/mol. The molecule has 2 aromatic carbocycles. The monoisotopic (exact) mass is 316 g/mol. The van der Waals surface area contributed by atoms with Crippen LogP contribution < -0.4 is 4.74 Å². The van der Waals surface area contributed by atoms with Crippen LogP contribution in [0.25, 0.3) is 0 Å². The van der Waals surface area contributed by atoms with Gasteiger partial charge in [0.05, 0.1) is 5.56 Å². The third-order valence-corrected chi connectivity index (χ3v) is 2.78. The van der Waals surface area contributed by atoms with E-state index in [0.29, 0.717) is 6.07 Å². The van der Waals surface area contributed by atoms with E-state index in [1.165, 1.54) is 6.07 Å². The second-order valence-electron chi connectivity index (χ2n) is 4.44. The SMILES string of the molecule is O=Cc1cc(OCc2ccc(F)c(F)c2)cc(C(F)(F)F)c1. The van der Waals surface area contributed by atoms with Crippen LogP contribution in [-0.2, 0) is 12.8 Å². The molecule has 0 bridgehead atoms. The Morgan fingerprint density at radius 2 is 1.73 bits per heavy atom. The predicted octanol–water partition coefficient (Wildman–Crippen LogP) is 4.38. The number of rotatable bonds is 4. The van der Waals surface area contributed by atoms with Gasteiger partial charge in [0.2, 0.25) is 0 Å². The van der Waals surface area contributed by atoms with Crippen LogP contribution in [-0.4, -0.2) is 6.29 Å². The van der Waals surface area contributed by atoms with Gasteiger partial charge in [-0.3, -0.25) is 4.79 Å². The van der Waals surface area contributed by atoms with Crippen LogP contribution in [0.5, 0.6) is 5.75 Å². The second kappa shape index (κ2) is 6.13. The molecule has 0 aliphatic carbocycles. The van der Waals surface area contributed by atoms with Crippen LogP contribution in [0.3, 0.4) is 0 Å². The first-order valence-electron chi connectivity index (χ1n) is 6.04. The Kier molecular flexibility index (Phi) is 4.44. The molecular weight excluding hydrogens is 307 g/mol. The molecule has 0 atom stereocenters. The first-order valence-corrected chi connectivity index (χ1v) is 6.04. The third kappa shape index (κ3) is 3.81. The molecule has 0 spiro atoms. The third-order valence-electron chi connectivity index (χ3n) is 2.78. The van der Waals surface area contributed by atoms with Crippen LogP contribution in [0.1, 0.15) is 21.5 Å². The van der Waals surface area contributed by atoms with Crippen molar-refractivity contribution in [1.29, 1.82) is 0 Å². The van der Waals surface area contributed by atoms with E-state index >= 15 is 0 Å². The van der Waals surface area contributed by atoms with Gasteiger partial charge in [0.15, 0.2) is 11.6 Å². The summed E-state index contributed by atoms with van der Waals surface area (Å²) >= 11 is 0. The lowest BCUT2D eigenvalue weighted by Crippen LogP contribution is -2.07. The van der Waals surface area contributed by atoms with Gasteiger partial charge in [0.1, 0.15) is 18.6 Å². The molecule has 7 heteroatoms. The number of halogens is 5. The van der Waals surface area contributed by atoms with Gasteiger partial charge in [0.25, 0.3) is 0 Å². The summed E-state index contributed by atoms with van der Waals surface area (Å²) in [6.07, 6.45) is -4.36. The summed E-state index contributed by atoms with van der Waals surface area (Å²) in [4.78, 5) is 10.7. The first kappa shape index (κ1) is 15.9. The van der Waals surface area contributed by atoms with Gasteiger partial charge in [-0.15, -0.1) is 0 Å². The predicted molar refractivity (Wildman–Crippen MR) is 67.5 cm³/mol. The maximum absolute atomic E-state index is 13.0. The molecule has 2 rings (SSSR count). The Balaban J connectivity index is 2.21. The first-order chi connectivity index (χ1) is 10.3. The summed E-state index contributed by atoms with van der Waals surface area (Å²) in [5, 5.41) is 0. The summed E-state index contributed by atoms with van der Waals surface area (Å²) in [7, 11) is 0. The number of hydrogen-bond acceptors (Lipinski definition) is 2. The van der Waals surface area contributed by atoms with Gasteiger partial charge in [0, 0.05) is 5.56 Å². The fourth-order valence-electron chi connectivity index (χ4n) is 1.73. The molecule has 2 aromatic rings. The topological polar surface area (TPSA) is 26.3 Å². The standard InChI is InChI=1S/C15H9F5O2/c16-13-2-1-9(5-14(13)17)8-22-12-4-10(7-21)3-11(6-12)15(18,19)20/h1-7H,8H2. The van der Waals surface area contributed by atoms with Crippen molar-refractivity contribution in [3.8, 4) is 5.75 Å². The van der Waals surface area contributed by atoms with E-state index < -0.39 is 23.4 Å². The van der Waals surface area contributed by atoms with Crippen molar-refractivity contribution in [1.82, 2.24) is 0 Å². The molecule has 0 radical (unpaired) electrons. The minimum Gasteiger partial charge on any atom is -0.489 e. The Bertz CT molecular complexity index is 695. The summed E-state index contributed by atoms with van der Waals surface area (Å²) in [6.45, 7) is -0.267. The van der Waals surface area contributed by atoms with Crippen molar-refractivity contribution in [2.24, 2.45) is 0 Å². The molecule has 0 aliphatic heterocycles. The largest absolute Gasteiger partial charge is 0.489 e. The second-order valence-corrected chi connectivity index (χ2v) is 4.44. The quantitative estimate of drug-likeness (QED) is 0.618. The highest BCUT2D eigenvalue weighted by Gasteiger charge is 2.31. The zero-order valence-electron chi connectivity index (χ0n) is 11.0. The summed E-state index contributed by atoms with van der Waals surface area (Å²) in [5.74, 6) is -2.31. The lowest BCUT2D eigenvalue weighted by Gasteiger charge is -2.11. The minimum atomic E-state index is -4.63. The van der Waals surface area contributed by atoms with Crippen molar-refractivity contribution >= 4 is 6.29 Å². The molecule has 0 aromatic heterocycles. The number of ether oxygens (including phenoxy) is 1. The molecule has 0 saturated carbocycles. The number of benzene rings is 2. The molecule has 22 heavy (non-hydrogen) atoms. The molecule has 0 saturated heterocycles. The maximum Gasteiger partial charge on any atom is 0.416 e. The van der Waals surface area contributed by atoms with E-state index in [9.17, 15) is 26.7 Å². The van der Waals surface area contributed by atoms with Gasteiger partial charge in [-0.1, -0.05) is 6.07 Å². The number of carbonyl (C=O) groups excluding carboxylic acids is 1. The minimum absolute atomic E-state index is 0.193. The Morgan fingerprint density at radius 3 is 2.32 bits per heavy atom. The van der Waals surface area contributed by atoms with Crippen molar-refractivity contribution in [3.63, 3.8) is 0 Å². The van der Waals surface area contributed by atoms with Crippen LogP contribution >= 0.6 is 0 Å². The van der Waals surface area contributed by atoms with Gasteiger partial charge in [-0.25, -0.2) is 8.78 Å². The van der Waals surface area contributed by atoms with Crippen LogP contribution in [0.15, 0.2) is 36.4 Å². The molecule has 0 heterocycles. The zero-order valence-corrected chi connectivity index (χ0v) is 11.0. The highest BCUT2D eigenvalue weighted by atomic mass is 19.4. The van der Waals surface area contributed by atoms with Crippen LogP contribution in [0, 0.1) is 11.6 Å². The van der Waals surface area contributed by atoms with E-state index in [0.717, 1.165) is 24.3 Å². The highest BCUT2D eigenvalue weighted by Crippen LogP contribution is 2.32. The summed E-state index contributed by atoms with van der Waals surface area (Å²) in [5.41, 5.74) is -0.989. The molecule has 116 valence electrons. The van der Waals surface area contributed by atoms with Gasteiger partial charge in [-0.05, 0) is 35.9 Å². The lowest BCUT2D eigenvalue weighted by atomic mass is 10.1. The Morgan fingerprint density at radius 1 is 1.00 bits per heavy atom. The molecule has 0 N–H and O–H groups in total. The molecule has 0 fully saturated rings.